The van der Waals surface area contributed by atoms with Gasteiger partial charge in [0.2, 0.25) is 5.91 Å². The number of nitrogens with one attached hydrogen (secondary N) is 1. The van der Waals surface area contributed by atoms with E-state index >= 15 is 0 Å². The van der Waals surface area contributed by atoms with Crippen molar-refractivity contribution >= 4 is 11.7 Å². The highest BCUT2D eigenvalue weighted by atomic mass is 19.1. The largest absolute Gasteiger partial charge is 0.356 e. The quantitative estimate of drug-likeness (QED) is 0.785. The lowest BCUT2D eigenvalue weighted by molar-refractivity contribution is -0.127. The zero-order chi connectivity index (χ0) is 10.8. The highest BCUT2D eigenvalue weighted by Gasteiger charge is 2.29. The second-order valence-electron chi connectivity index (χ2n) is 3.58. The molecule has 1 aromatic heterocycles. The molecule has 2 rings (SSSR count). The Labute approximate surface area is 87.1 Å². The Kier molecular flexibility index (Phi) is 2.53. The van der Waals surface area contributed by atoms with E-state index in [1.807, 2.05) is 0 Å². The topological polar surface area (TPSA) is 45.2 Å². The number of hydrogen-bond acceptors (Lipinski definition) is 3. The first-order chi connectivity index (χ1) is 7.18. The molecule has 1 N–H and O–H groups in total. The molecule has 1 aromatic rings. The van der Waals surface area contributed by atoms with Crippen LogP contribution in [0.1, 0.15) is 6.42 Å². The van der Waals surface area contributed by atoms with Crippen LogP contribution in [-0.2, 0) is 4.79 Å². The van der Waals surface area contributed by atoms with E-state index in [2.05, 4.69) is 10.3 Å². The fourth-order valence-electron chi connectivity index (χ4n) is 1.61. The average molecular weight is 209 g/mol. The molecule has 1 amide bonds. The van der Waals surface area contributed by atoms with E-state index < -0.39 is 5.82 Å². The van der Waals surface area contributed by atoms with E-state index in [4.69, 9.17) is 0 Å². The minimum absolute atomic E-state index is 0.0138. The van der Waals surface area contributed by atoms with Gasteiger partial charge < -0.3 is 10.2 Å². The van der Waals surface area contributed by atoms with Crippen LogP contribution in [0.2, 0.25) is 0 Å². The van der Waals surface area contributed by atoms with Crippen LogP contribution in [0.15, 0.2) is 18.3 Å². The number of amides is 1. The van der Waals surface area contributed by atoms with Crippen LogP contribution >= 0.6 is 0 Å². The number of likely N-dealkylation sites (tertiary alicyclic amines) is 1. The Balaban J connectivity index is 2.10. The minimum atomic E-state index is -0.431. The Bertz CT molecular complexity index is 383. The second-order valence-corrected chi connectivity index (χ2v) is 3.58. The van der Waals surface area contributed by atoms with Crippen molar-refractivity contribution in [2.75, 3.05) is 18.9 Å². The minimum Gasteiger partial charge on any atom is -0.356 e. The lowest BCUT2D eigenvalue weighted by Crippen LogP contribution is -2.31. The van der Waals surface area contributed by atoms with Crippen molar-refractivity contribution < 1.29 is 9.18 Å². The number of carbonyl (C=O) groups is 1. The summed E-state index contributed by atoms with van der Waals surface area (Å²) in [5.74, 6) is -0.300. The summed E-state index contributed by atoms with van der Waals surface area (Å²) in [5, 5.41) is 2.81. The summed E-state index contributed by atoms with van der Waals surface area (Å²) in [6.07, 6.45) is 2.18. The Morgan fingerprint density at radius 3 is 3.07 bits per heavy atom. The maximum absolute atomic E-state index is 13.2. The predicted octanol–water partition coefficient (Wildman–Crippen LogP) is 0.863. The number of nitrogens with zero attached hydrogens (tertiary/aromatic N) is 2. The number of aromatic nitrogens is 1. The van der Waals surface area contributed by atoms with Crippen molar-refractivity contribution in [2.24, 2.45) is 0 Å². The molecule has 1 fully saturated rings. The molecule has 1 unspecified atom stereocenters. The monoisotopic (exact) mass is 209 g/mol. The first-order valence-electron chi connectivity index (χ1n) is 4.80. The van der Waals surface area contributed by atoms with Gasteiger partial charge in [-0.3, -0.25) is 4.79 Å². The molecular weight excluding hydrogens is 197 g/mol. The number of hydrogen-bond donors (Lipinski definition) is 1. The number of likely N-dealkylation sites (N-methyl/N-ethyl adjacent to an activating group) is 1. The Hall–Kier alpha value is -1.65. The lowest BCUT2D eigenvalue weighted by atomic mass is 10.2. The van der Waals surface area contributed by atoms with Crippen LogP contribution in [0.3, 0.4) is 0 Å². The van der Waals surface area contributed by atoms with Crippen molar-refractivity contribution in [1.82, 2.24) is 9.88 Å². The third kappa shape index (κ3) is 1.91. The van der Waals surface area contributed by atoms with Crippen LogP contribution in [0.5, 0.6) is 0 Å². The third-order valence-electron chi connectivity index (χ3n) is 2.50. The molecule has 1 aliphatic heterocycles. The predicted molar refractivity (Wildman–Crippen MR) is 53.9 cm³/mol. The molecule has 5 heteroatoms. The van der Waals surface area contributed by atoms with Gasteiger partial charge in [0.25, 0.3) is 0 Å². The molecule has 0 aromatic carbocycles. The summed E-state index contributed by atoms with van der Waals surface area (Å²) < 4.78 is 13.2. The van der Waals surface area contributed by atoms with Gasteiger partial charge in [-0.2, -0.15) is 0 Å². The fourth-order valence-corrected chi connectivity index (χ4v) is 1.61. The van der Waals surface area contributed by atoms with Crippen LogP contribution in [0.4, 0.5) is 10.2 Å². The smallest absolute Gasteiger partial charge is 0.244 e. The average Bonchev–Trinajstić information content (AvgIpc) is 2.53. The number of anilines is 1. The Morgan fingerprint density at radius 1 is 1.67 bits per heavy atom. The number of pyridine rings is 1. The first kappa shape index (κ1) is 9.89. The summed E-state index contributed by atoms with van der Waals surface area (Å²) in [5.41, 5.74) is 0. The van der Waals surface area contributed by atoms with Gasteiger partial charge in [-0.15, -0.1) is 0 Å². The molecule has 1 saturated heterocycles. The third-order valence-corrected chi connectivity index (χ3v) is 2.50. The number of rotatable bonds is 2. The highest BCUT2D eigenvalue weighted by Crippen LogP contribution is 2.16. The van der Waals surface area contributed by atoms with Crippen molar-refractivity contribution in [3.8, 4) is 0 Å². The maximum Gasteiger partial charge on any atom is 0.244 e. The van der Waals surface area contributed by atoms with E-state index in [0.29, 0.717) is 13.0 Å². The molecule has 1 atom stereocenters. The highest BCUT2D eigenvalue weighted by molar-refractivity contribution is 5.86. The van der Waals surface area contributed by atoms with Crippen LogP contribution in [0.25, 0.3) is 0 Å². The van der Waals surface area contributed by atoms with E-state index in [1.165, 1.54) is 18.3 Å². The van der Waals surface area contributed by atoms with Crippen molar-refractivity contribution in [1.29, 1.82) is 0 Å². The second kappa shape index (κ2) is 3.84. The van der Waals surface area contributed by atoms with E-state index in [0.717, 1.165) is 0 Å². The van der Waals surface area contributed by atoms with Gasteiger partial charge in [0, 0.05) is 19.8 Å². The van der Waals surface area contributed by atoms with Crippen LogP contribution < -0.4 is 5.32 Å². The fraction of sp³-hybridized carbons (Fsp3) is 0.400. The summed E-state index contributed by atoms with van der Waals surface area (Å²) in [4.78, 5) is 17.0. The summed E-state index contributed by atoms with van der Waals surface area (Å²) in [6.45, 7) is 0.699. The van der Waals surface area contributed by atoms with Gasteiger partial charge in [-0.1, -0.05) is 0 Å². The number of carbonyl (C=O) groups excluding carboxylic acids is 1. The molecule has 0 spiro atoms. The summed E-state index contributed by atoms with van der Waals surface area (Å²) in [7, 11) is 1.73. The summed E-state index contributed by atoms with van der Waals surface area (Å²) in [6, 6.07) is 2.49. The molecule has 0 radical (unpaired) electrons. The molecule has 4 nitrogen and oxygen atoms in total. The van der Waals surface area contributed by atoms with Gasteiger partial charge in [0.15, 0.2) is 11.6 Å². The molecule has 1 aliphatic rings. The van der Waals surface area contributed by atoms with E-state index in [1.54, 1.807) is 11.9 Å². The lowest BCUT2D eigenvalue weighted by Gasteiger charge is -2.12. The van der Waals surface area contributed by atoms with Gasteiger partial charge in [-0.05, 0) is 18.6 Å². The maximum atomic E-state index is 13.2. The molecule has 0 bridgehead atoms. The van der Waals surface area contributed by atoms with Gasteiger partial charge in [0.05, 0.1) is 0 Å². The molecule has 15 heavy (non-hydrogen) atoms. The zero-order valence-electron chi connectivity index (χ0n) is 8.40. The molecule has 80 valence electrons. The van der Waals surface area contributed by atoms with Gasteiger partial charge in [0.1, 0.15) is 6.04 Å². The molecule has 0 saturated carbocycles. The standard InChI is InChI=1S/C10H12FN3O/c1-14-6-4-8(10(14)15)13-9-7(11)3-2-5-12-9/h2-3,5,8H,4,6H2,1H3,(H,12,13). The summed E-state index contributed by atoms with van der Waals surface area (Å²) >= 11 is 0. The van der Waals surface area contributed by atoms with Crippen molar-refractivity contribution in [2.45, 2.75) is 12.5 Å². The SMILES string of the molecule is CN1CCC(Nc2ncccc2F)C1=O. The normalized spacial score (nSPS) is 20.8. The van der Waals surface area contributed by atoms with Crippen LogP contribution in [-0.4, -0.2) is 35.4 Å². The number of halogens is 1. The zero-order valence-corrected chi connectivity index (χ0v) is 8.40. The molecule has 2 heterocycles. The van der Waals surface area contributed by atoms with E-state index in [-0.39, 0.29) is 17.8 Å². The van der Waals surface area contributed by atoms with Crippen molar-refractivity contribution in [3.05, 3.63) is 24.1 Å². The Morgan fingerprint density at radius 2 is 2.47 bits per heavy atom. The van der Waals surface area contributed by atoms with Crippen molar-refractivity contribution in [3.63, 3.8) is 0 Å². The van der Waals surface area contributed by atoms with E-state index in [9.17, 15) is 9.18 Å². The first-order valence-corrected chi connectivity index (χ1v) is 4.80. The molecule has 0 aliphatic carbocycles. The van der Waals surface area contributed by atoms with Gasteiger partial charge in [-0.25, -0.2) is 9.37 Å². The molecular formula is C10H12FN3O. The van der Waals surface area contributed by atoms with Gasteiger partial charge >= 0.3 is 0 Å². The van der Waals surface area contributed by atoms with Crippen LogP contribution in [0, 0.1) is 5.82 Å².